The molecule has 4 aliphatic rings. The molecule has 4 amide bonds. The zero-order chi connectivity index (χ0) is 40.4. The van der Waals surface area contributed by atoms with E-state index in [1.54, 1.807) is 35.2 Å². The fourth-order valence-corrected chi connectivity index (χ4v) is 12.2. The number of fused-ring (bicyclic) bond motifs is 5. The number of carbonyl (C=O) groups excluding carboxylic acids is 4. The van der Waals surface area contributed by atoms with Gasteiger partial charge in [-0.15, -0.1) is 11.3 Å². The van der Waals surface area contributed by atoms with E-state index in [-0.39, 0.29) is 29.7 Å². The van der Waals surface area contributed by atoms with E-state index in [0.717, 1.165) is 38.1 Å². The molecule has 5 aromatic rings. The molecule has 6 atom stereocenters. The molecule has 9 rings (SSSR count). The SMILES string of the molecule is CCc1ccc(N2C(=O)[C@H]3[C@H](CC=C4[C@H]3C[C@H]3C(=O)N(c5cc(-c6sc7ccc(Cl)cc7c6C)nn5C)C(=O)[C@@]3(C)[C@H]4c3cc(OC)c(O)c(Br)c3Br)C2=O)cc1. The number of hydrogen-bond acceptors (Lipinski definition) is 8. The number of methoxy groups -OCH3 is 1. The van der Waals surface area contributed by atoms with Gasteiger partial charge in [0.05, 0.1) is 45.3 Å². The highest BCUT2D eigenvalue weighted by Crippen LogP contribution is 2.65. The fourth-order valence-electron chi connectivity index (χ4n) is 9.91. The normalized spacial score (nSPS) is 25.6. The van der Waals surface area contributed by atoms with Gasteiger partial charge in [0.15, 0.2) is 11.5 Å². The van der Waals surface area contributed by atoms with Crippen LogP contribution in [0, 0.1) is 36.0 Å². The zero-order valence-electron chi connectivity index (χ0n) is 31.6. The van der Waals surface area contributed by atoms with Crippen LogP contribution in [0.5, 0.6) is 11.5 Å². The smallest absolute Gasteiger partial charge is 0.242 e. The van der Waals surface area contributed by atoms with Gasteiger partial charge >= 0.3 is 0 Å². The highest BCUT2D eigenvalue weighted by molar-refractivity contribution is 9.13. The lowest BCUT2D eigenvalue weighted by molar-refractivity contribution is -0.131. The van der Waals surface area contributed by atoms with Crippen LogP contribution >= 0.6 is 54.8 Å². The Labute approximate surface area is 354 Å². The minimum atomic E-state index is -1.34. The van der Waals surface area contributed by atoms with Crippen molar-refractivity contribution in [3.8, 4) is 22.1 Å². The first-order valence-corrected chi connectivity index (χ1v) is 21.5. The second-order valence-electron chi connectivity index (χ2n) is 15.5. The maximum Gasteiger partial charge on any atom is 0.242 e. The van der Waals surface area contributed by atoms with E-state index in [9.17, 15) is 14.7 Å². The number of amides is 4. The number of thiophene rings is 1. The number of imide groups is 2. The van der Waals surface area contributed by atoms with Crippen molar-refractivity contribution < 1.29 is 29.0 Å². The lowest BCUT2D eigenvalue weighted by atomic mass is 9.51. The molecule has 1 N–H and O–H groups in total. The van der Waals surface area contributed by atoms with Gasteiger partial charge in [-0.25, -0.2) is 4.90 Å². The van der Waals surface area contributed by atoms with Gasteiger partial charge in [-0.1, -0.05) is 42.3 Å². The van der Waals surface area contributed by atoms with E-state index in [1.165, 1.54) is 16.9 Å². The van der Waals surface area contributed by atoms with Crippen molar-refractivity contribution in [3.63, 3.8) is 0 Å². The molecule has 14 heteroatoms. The first kappa shape index (κ1) is 38.2. The number of phenolic OH excluding ortho intramolecular Hbond substituents is 1. The van der Waals surface area contributed by atoms with Crippen LogP contribution in [0.2, 0.25) is 5.02 Å². The second-order valence-corrected chi connectivity index (χ2v) is 18.6. The summed E-state index contributed by atoms with van der Waals surface area (Å²) in [6.45, 7) is 5.88. The first-order chi connectivity index (χ1) is 27.2. The Morgan fingerprint density at radius 2 is 1.72 bits per heavy atom. The molecule has 2 aromatic heterocycles. The van der Waals surface area contributed by atoms with Crippen molar-refractivity contribution in [2.24, 2.45) is 36.1 Å². The van der Waals surface area contributed by atoms with Crippen LogP contribution < -0.4 is 14.5 Å². The summed E-state index contributed by atoms with van der Waals surface area (Å²) < 4.78 is 9.03. The van der Waals surface area contributed by atoms with Crippen molar-refractivity contribution >= 4 is 100 Å². The Kier molecular flexibility index (Phi) is 9.15. The van der Waals surface area contributed by atoms with Crippen LogP contribution in [0.3, 0.4) is 0 Å². The van der Waals surface area contributed by atoms with E-state index >= 15 is 9.59 Å². The molecule has 0 spiro atoms. The summed E-state index contributed by atoms with van der Waals surface area (Å²) in [5, 5.41) is 17.4. The third-order valence-electron chi connectivity index (χ3n) is 12.8. The molecule has 0 radical (unpaired) electrons. The molecular formula is C43H37Br2ClN4O6S. The third-order valence-corrected chi connectivity index (χ3v) is 16.5. The number of aromatic nitrogens is 2. The molecule has 57 heavy (non-hydrogen) atoms. The predicted octanol–water partition coefficient (Wildman–Crippen LogP) is 9.50. The van der Waals surface area contributed by atoms with Crippen LogP contribution in [0.4, 0.5) is 11.5 Å². The predicted molar refractivity (Wildman–Crippen MR) is 227 cm³/mol. The van der Waals surface area contributed by atoms with Gasteiger partial charge in [0.2, 0.25) is 23.6 Å². The van der Waals surface area contributed by atoms with Crippen LogP contribution in [-0.4, -0.2) is 45.6 Å². The number of phenols is 1. The van der Waals surface area contributed by atoms with Gasteiger partial charge in [-0.05, 0) is 129 Å². The molecule has 0 bridgehead atoms. The quantitative estimate of drug-likeness (QED) is 0.133. The molecule has 0 unspecified atom stereocenters. The number of benzene rings is 3. The number of anilines is 2. The van der Waals surface area contributed by atoms with E-state index in [0.29, 0.717) is 43.2 Å². The van der Waals surface area contributed by atoms with E-state index in [2.05, 4.69) is 31.9 Å². The minimum absolute atomic E-state index is 0.127. The molecule has 3 aromatic carbocycles. The van der Waals surface area contributed by atoms with Crippen LogP contribution in [0.1, 0.15) is 49.3 Å². The summed E-state index contributed by atoms with van der Waals surface area (Å²) in [6, 6.07) is 16.7. The summed E-state index contributed by atoms with van der Waals surface area (Å²) in [5.41, 5.74) is 3.31. The van der Waals surface area contributed by atoms with Crippen LogP contribution in [0.25, 0.3) is 20.7 Å². The fraction of sp³-hybridized carbons (Fsp3) is 0.326. The molecular weight excluding hydrogens is 896 g/mol. The van der Waals surface area contributed by atoms with Gasteiger partial charge < -0.3 is 9.84 Å². The van der Waals surface area contributed by atoms with Gasteiger partial charge in [0, 0.05) is 33.2 Å². The van der Waals surface area contributed by atoms with E-state index in [1.807, 2.05) is 69.3 Å². The molecule has 1 saturated carbocycles. The van der Waals surface area contributed by atoms with Crippen molar-refractivity contribution in [3.05, 3.63) is 96.9 Å². The topological polar surface area (TPSA) is 122 Å². The van der Waals surface area contributed by atoms with E-state index in [4.69, 9.17) is 21.4 Å². The lowest BCUT2D eigenvalue weighted by Crippen LogP contribution is -2.49. The molecule has 292 valence electrons. The molecule has 3 fully saturated rings. The molecule has 4 heterocycles. The Hall–Kier alpha value is -4.30. The number of allylic oxidation sites excluding steroid dienone is 2. The average Bonchev–Trinajstić information content (AvgIpc) is 3.87. The number of ether oxygens (including phenoxy) is 1. The van der Waals surface area contributed by atoms with Crippen molar-refractivity contribution in [2.45, 2.75) is 46.0 Å². The lowest BCUT2D eigenvalue weighted by Gasteiger charge is -2.49. The first-order valence-electron chi connectivity index (χ1n) is 18.7. The number of carbonyl (C=O) groups is 4. The second kappa shape index (κ2) is 13.6. The maximum absolute atomic E-state index is 15.3. The molecule has 2 saturated heterocycles. The number of aromatic hydroxyl groups is 1. The van der Waals surface area contributed by atoms with Gasteiger partial charge in [0.25, 0.3) is 0 Å². The van der Waals surface area contributed by atoms with Crippen LogP contribution in [0.15, 0.2) is 75.2 Å². The largest absolute Gasteiger partial charge is 0.503 e. The molecule has 2 aliphatic heterocycles. The number of halogens is 3. The highest BCUT2D eigenvalue weighted by atomic mass is 79.9. The highest BCUT2D eigenvalue weighted by Gasteiger charge is 2.68. The van der Waals surface area contributed by atoms with Gasteiger partial charge in [0.1, 0.15) is 11.5 Å². The number of nitrogens with zero attached hydrogens (tertiary/aromatic N) is 4. The summed E-state index contributed by atoms with van der Waals surface area (Å²) >= 11 is 15.1. The monoisotopic (exact) mass is 930 g/mol. The third kappa shape index (κ3) is 5.41. The van der Waals surface area contributed by atoms with Crippen molar-refractivity contribution in [1.82, 2.24) is 9.78 Å². The standard InChI is InChI=1S/C43H37Br2ClN4O6S/c1-6-20-7-10-22(11-8-20)49-39(52)24-13-12-23-26(33(24)41(49)54)16-28-40(53)50(42(55)43(28,3)34(23)27-17-30(56-5)37(51)36(45)35(27)44)32-18-29(47-48(32)4)38-19(2)25-15-21(46)9-14-31(25)57-38/h7-12,14-15,17-18,24,26,28,33-34,51H,6,13,16H2,1-5H3/t24-,26+,28-,33-,34+,43+/m0/s1. The van der Waals surface area contributed by atoms with Crippen LogP contribution in [-0.2, 0) is 32.6 Å². The Balaban J connectivity index is 1.18. The van der Waals surface area contributed by atoms with Crippen molar-refractivity contribution in [2.75, 3.05) is 16.9 Å². The molecule has 10 nitrogen and oxygen atoms in total. The summed E-state index contributed by atoms with van der Waals surface area (Å²) in [5.74, 6) is -4.48. The maximum atomic E-state index is 15.3. The minimum Gasteiger partial charge on any atom is -0.503 e. The average molecular weight is 933 g/mol. The number of hydrogen-bond donors (Lipinski definition) is 1. The Morgan fingerprint density at radius 1 is 0.982 bits per heavy atom. The Bertz CT molecular complexity index is 2640. The van der Waals surface area contributed by atoms with Crippen molar-refractivity contribution in [1.29, 1.82) is 0 Å². The summed E-state index contributed by atoms with van der Waals surface area (Å²) in [6.07, 6.45) is 3.32. The molecule has 2 aliphatic carbocycles. The number of aryl methyl sites for hydroxylation is 3. The summed E-state index contributed by atoms with van der Waals surface area (Å²) in [7, 11) is 3.16. The van der Waals surface area contributed by atoms with Gasteiger partial charge in [-0.3, -0.25) is 28.8 Å². The van der Waals surface area contributed by atoms with Gasteiger partial charge in [-0.2, -0.15) is 5.10 Å². The van der Waals surface area contributed by atoms with E-state index < -0.39 is 46.8 Å². The summed E-state index contributed by atoms with van der Waals surface area (Å²) in [4.78, 5) is 62.5. The number of rotatable bonds is 6. The Morgan fingerprint density at radius 3 is 2.42 bits per heavy atom. The zero-order valence-corrected chi connectivity index (χ0v) is 36.3.